The Labute approximate surface area is 116 Å². The Hall–Kier alpha value is -2.88. The van der Waals surface area contributed by atoms with Gasteiger partial charge in [-0.25, -0.2) is 0 Å². The van der Waals surface area contributed by atoms with Crippen molar-refractivity contribution in [2.75, 3.05) is 0 Å². The number of benzene rings is 2. The first-order chi connectivity index (χ1) is 9.75. The van der Waals surface area contributed by atoms with Gasteiger partial charge in [-0.3, -0.25) is 9.79 Å². The fourth-order valence-corrected chi connectivity index (χ4v) is 2.13. The SMILES string of the molecule is NC(=O)c1ccccc1N=Cc1c[nH]c2ccccc12. The molecule has 0 radical (unpaired) electrons. The van der Waals surface area contributed by atoms with Gasteiger partial charge in [0.15, 0.2) is 0 Å². The summed E-state index contributed by atoms with van der Waals surface area (Å²) in [6, 6.07) is 15.0. The molecule has 0 fully saturated rings. The van der Waals surface area contributed by atoms with E-state index >= 15 is 0 Å². The van der Waals surface area contributed by atoms with Crippen LogP contribution in [0.3, 0.4) is 0 Å². The summed E-state index contributed by atoms with van der Waals surface area (Å²) in [5.41, 5.74) is 8.35. The molecule has 4 heteroatoms. The number of amides is 1. The highest BCUT2D eigenvalue weighted by Gasteiger charge is 2.05. The average Bonchev–Trinajstić information content (AvgIpc) is 2.88. The van der Waals surface area contributed by atoms with E-state index in [1.54, 1.807) is 24.4 Å². The van der Waals surface area contributed by atoms with Crippen molar-refractivity contribution in [1.29, 1.82) is 0 Å². The Balaban J connectivity index is 2.01. The molecule has 0 aliphatic carbocycles. The lowest BCUT2D eigenvalue weighted by molar-refractivity contribution is 0.100. The van der Waals surface area contributed by atoms with Crippen LogP contribution >= 0.6 is 0 Å². The largest absolute Gasteiger partial charge is 0.366 e. The minimum absolute atomic E-state index is 0.420. The van der Waals surface area contributed by atoms with Crippen LogP contribution in [0.4, 0.5) is 5.69 Å². The molecule has 1 heterocycles. The summed E-state index contributed by atoms with van der Waals surface area (Å²) < 4.78 is 0. The molecule has 1 aromatic heterocycles. The lowest BCUT2D eigenvalue weighted by Gasteiger charge is -2.00. The summed E-state index contributed by atoms with van der Waals surface area (Å²) in [4.78, 5) is 18.9. The first-order valence-corrected chi connectivity index (χ1v) is 6.25. The predicted molar refractivity (Wildman–Crippen MR) is 80.5 cm³/mol. The summed E-state index contributed by atoms with van der Waals surface area (Å²) >= 11 is 0. The summed E-state index contributed by atoms with van der Waals surface area (Å²) in [6.45, 7) is 0. The van der Waals surface area contributed by atoms with Crippen LogP contribution in [0.25, 0.3) is 10.9 Å². The minimum Gasteiger partial charge on any atom is -0.366 e. The maximum atomic E-state index is 11.3. The van der Waals surface area contributed by atoms with Crippen molar-refractivity contribution in [3.05, 3.63) is 65.9 Å². The zero-order valence-electron chi connectivity index (χ0n) is 10.7. The molecule has 98 valence electrons. The molecule has 1 amide bonds. The highest BCUT2D eigenvalue weighted by Crippen LogP contribution is 2.20. The molecule has 0 saturated carbocycles. The number of rotatable bonds is 3. The van der Waals surface area contributed by atoms with Gasteiger partial charge in [-0.05, 0) is 18.2 Å². The Morgan fingerprint density at radius 2 is 1.85 bits per heavy atom. The predicted octanol–water partition coefficient (Wildman–Crippen LogP) is 3.02. The third-order valence-electron chi connectivity index (χ3n) is 3.13. The molecular formula is C16H13N3O. The van der Waals surface area contributed by atoms with Crippen LogP contribution in [0, 0.1) is 0 Å². The molecule has 3 N–H and O–H groups in total. The number of primary amides is 1. The van der Waals surface area contributed by atoms with Crippen LogP contribution in [-0.4, -0.2) is 17.1 Å². The molecule has 0 bridgehead atoms. The van der Waals surface area contributed by atoms with Gasteiger partial charge >= 0.3 is 0 Å². The molecule has 0 unspecified atom stereocenters. The van der Waals surface area contributed by atoms with E-state index in [2.05, 4.69) is 9.98 Å². The number of aromatic amines is 1. The molecule has 0 saturated heterocycles. The van der Waals surface area contributed by atoms with Gasteiger partial charge in [0.1, 0.15) is 0 Å². The van der Waals surface area contributed by atoms with E-state index in [0.29, 0.717) is 11.3 Å². The first-order valence-electron chi connectivity index (χ1n) is 6.25. The van der Waals surface area contributed by atoms with E-state index in [1.165, 1.54) is 0 Å². The number of aromatic nitrogens is 1. The molecule has 3 rings (SSSR count). The zero-order chi connectivity index (χ0) is 13.9. The molecule has 2 aromatic carbocycles. The second-order valence-corrected chi connectivity index (χ2v) is 4.43. The molecule has 0 aliphatic rings. The van der Waals surface area contributed by atoms with E-state index in [0.717, 1.165) is 16.5 Å². The Morgan fingerprint density at radius 1 is 1.10 bits per heavy atom. The molecule has 20 heavy (non-hydrogen) atoms. The fourth-order valence-electron chi connectivity index (χ4n) is 2.13. The maximum Gasteiger partial charge on any atom is 0.250 e. The van der Waals surface area contributed by atoms with Crippen molar-refractivity contribution in [1.82, 2.24) is 4.98 Å². The lowest BCUT2D eigenvalue weighted by Crippen LogP contribution is -2.10. The third kappa shape index (κ3) is 2.19. The molecule has 3 aromatic rings. The second-order valence-electron chi connectivity index (χ2n) is 4.43. The van der Waals surface area contributed by atoms with Crippen molar-refractivity contribution in [2.45, 2.75) is 0 Å². The van der Waals surface area contributed by atoms with Gasteiger partial charge < -0.3 is 10.7 Å². The Bertz CT molecular complexity index is 802. The van der Waals surface area contributed by atoms with Gasteiger partial charge in [0, 0.05) is 28.9 Å². The van der Waals surface area contributed by atoms with E-state index in [4.69, 9.17) is 5.73 Å². The summed E-state index contributed by atoms with van der Waals surface area (Å²) in [7, 11) is 0. The van der Waals surface area contributed by atoms with Gasteiger partial charge in [0.25, 0.3) is 5.91 Å². The normalized spacial score (nSPS) is 11.2. The van der Waals surface area contributed by atoms with Crippen LogP contribution in [0.1, 0.15) is 15.9 Å². The van der Waals surface area contributed by atoms with E-state index in [9.17, 15) is 4.79 Å². The van der Waals surface area contributed by atoms with E-state index in [-0.39, 0.29) is 0 Å². The fraction of sp³-hybridized carbons (Fsp3) is 0. The molecule has 0 atom stereocenters. The zero-order valence-corrected chi connectivity index (χ0v) is 10.7. The average molecular weight is 263 g/mol. The number of nitrogens with two attached hydrogens (primary N) is 1. The van der Waals surface area contributed by atoms with Crippen molar-refractivity contribution in [3.8, 4) is 0 Å². The van der Waals surface area contributed by atoms with E-state index in [1.807, 2.05) is 36.5 Å². The number of H-pyrrole nitrogens is 1. The van der Waals surface area contributed by atoms with Gasteiger partial charge in [-0.15, -0.1) is 0 Å². The van der Waals surface area contributed by atoms with Crippen LogP contribution in [0.15, 0.2) is 59.7 Å². The Kier molecular flexibility index (Phi) is 3.05. The van der Waals surface area contributed by atoms with Gasteiger partial charge in [0.2, 0.25) is 0 Å². The smallest absolute Gasteiger partial charge is 0.250 e. The standard InChI is InChI=1S/C16H13N3O/c17-16(20)13-6-2-4-8-15(13)19-10-11-9-18-14-7-3-1-5-12(11)14/h1-10,18H,(H2,17,20). The van der Waals surface area contributed by atoms with Gasteiger partial charge in [-0.1, -0.05) is 30.3 Å². The summed E-state index contributed by atoms with van der Waals surface area (Å²) in [5.74, 6) is -0.475. The highest BCUT2D eigenvalue weighted by molar-refractivity contribution is 6.02. The lowest BCUT2D eigenvalue weighted by atomic mass is 10.1. The summed E-state index contributed by atoms with van der Waals surface area (Å²) in [5, 5.41) is 1.09. The number of aliphatic imine (C=N–C) groups is 1. The van der Waals surface area contributed by atoms with Crippen LogP contribution in [0.5, 0.6) is 0 Å². The molecule has 0 spiro atoms. The van der Waals surface area contributed by atoms with Crippen molar-refractivity contribution < 1.29 is 4.79 Å². The number of carbonyl (C=O) groups is 1. The maximum absolute atomic E-state index is 11.3. The number of para-hydroxylation sites is 2. The quantitative estimate of drug-likeness (QED) is 0.700. The van der Waals surface area contributed by atoms with Crippen LogP contribution in [0.2, 0.25) is 0 Å². The number of hydrogen-bond acceptors (Lipinski definition) is 2. The van der Waals surface area contributed by atoms with E-state index < -0.39 is 5.91 Å². The number of fused-ring (bicyclic) bond motifs is 1. The van der Waals surface area contributed by atoms with Crippen LogP contribution in [-0.2, 0) is 0 Å². The molecule has 0 aliphatic heterocycles. The number of nitrogens with zero attached hydrogens (tertiary/aromatic N) is 1. The van der Waals surface area contributed by atoms with Crippen molar-refractivity contribution in [2.24, 2.45) is 10.7 Å². The molecule has 4 nitrogen and oxygen atoms in total. The molecular weight excluding hydrogens is 250 g/mol. The first kappa shape index (κ1) is 12.2. The van der Waals surface area contributed by atoms with Crippen LogP contribution < -0.4 is 5.73 Å². The monoisotopic (exact) mass is 263 g/mol. The number of carbonyl (C=O) groups excluding carboxylic acids is 1. The number of nitrogens with one attached hydrogen (secondary N) is 1. The van der Waals surface area contributed by atoms with Gasteiger partial charge in [0.05, 0.1) is 11.3 Å². The number of hydrogen-bond donors (Lipinski definition) is 2. The summed E-state index contributed by atoms with van der Waals surface area (Å²) in [6.07, 6.45) is 3.63. The van der Waals surface area contributed by atoms with Crippen molar-refractivity contribution >= 4 is 28.7 Å². The van der Waals surface area contributed by atoms with Crippen molar-refractivity contribution in [3.63, 3.8) is 0 Å². The highest BCUT2D eigenvalue weighted by atomic mass is 16.1. The third-order valence-corrected chi connectivity index (χ3v) is 3.13. The Morgan fingerprint density at radius 3 is 2.70 bits per heavy atom. The topological polar surface area (TPSA) is 71.2 Å². The second kappa shape index (κ2) is 5.01. The van der Waals surface area contributed by atoms with Gasteiger partial charge in [-0.2, -0.15) is 0 Å². The minimum atomic E-state index is -0.475.